The van der Waals surface area contributed by atoms with E-state index in [1.807, 2.05) is 0 Å². The van der Waals surface area contributed by atoms with Gasteiger partial charge in [-0.05, 0) is 18.7 Å². The van der Waals surface area contributed by atoms with Gasteiger partial charge in [-0.25, -0.2) is 4.79 Å². The molecule has 1 fully saturated rings. The van der Waals surface area contributed by atoms with E-state index in [0.717, 1.165) is 18.7 Å². The summed E-state index contributed by atoms with van der Waals surface area (Å²) in [6, 6.07) is 0. The molecule has 0 unspecified atom stereocenters. The summed E-state index contributed by atoms with van der Waals surface area (Å²) in [5.41, 5.74) is 0. The van der Waals surface area contributed by atoms with E-state index in [0.29, 0.717) is 5.06 Å². The third-order valence-corrected chi connectivity index (χ3v) is 2.21. The second kappa shape index (κ2) is 3.61. The minimum absolute atomic E-state index is 0.270. The van der Waals surface area contributed by atoms with Crippen molar-refractivity contribution in [3.8, 4) is 0 Å². The number of amides is 2. The largest absolute Gasteiger partial charge is 0.330 e. The zero-order valence-electron chi connectivity index (χ0n) is 7.07. The lowest BCUT2D eigenvalue weighted by molar-refractivity contribution is -0.178. The number of carbonyl (C=O) groups excluding carboxylic acids is 3. The molecule has 0 aromatic rings. The average Bonchev–Trinajstić information content (AvgIpc) is 2.31. The van der Waals surface area contributed by atoms with E-state index in [-0.39, 0.29) is 4.91 Å². The van der Waals surface area contributed by atoms with Crippen molar-refractivity contribution < 1.29 is 19.2 Å². The van der Waals surface area contributed by atoms with Crippen molar-refractivity contribution in [1.82, 2.24) is 5.06 Å². The van der Waals surface area contributed by atoms with Gasteiger partial charge in [-0.1, -0.05) is 11.1 Å². The van der Waals surface area contributed by atoms with Crippen LogP contribution >= 0.6 is 11.8 Å². The molecule has 1 saturated heterocycles. The Balaban J connectivity index is 2.82. The van der Waals surface area contributed by atoms with Crippen LogP contribution in [0.4, 0.5) is 4.79 Å². The fraction of sp³-hybridized carbons (Fsp3) is 0.286. The van der Waals surface area contributed by atoms with Gasteiger partial charge in [0, 0.05) is 6.92 Å². The number of hydrogen-bond acceptors (Lipinski definition) is 5. The maximum Gasteiger partial charge on any atom is 0.330 e. The summed E-state index contributed by atoms with van der Waals surface area (Å²) in [5, 5.41) is -0.129. The van der Waals surface area contributed by atoms with Crippen molar-refractivity contribution in [2.75, 3.05) is 0 Å². The second-order valence-corrected chi connectivity index (χ2v) is 3.20. The van der Waals surface area contributed by atoms with E-state index >= 15 is 0 Å². The number of allylic oxidation sites excluding steroid dienone is 1. The van der Waals surface area contributed by atoms with Gasteiger partial charge < -0.3 is 4.84 Å². The summed E-state index contributed by atoms with van der Waals surface area (Å²) in [6.07, 6.45) is 1.49. The van der Waals surface area contributed by atoms with Gasteiger partial charge >= 0.3 is 17.1 Å². The molecule has 5 nitrogen and oxygen atoms in total. The lowest BCUT2D eigenvalue weighted by Gasteiger charge is -2.08. The monoisotopic (exact) mass is 201 g/mol. The van der Waals surface area contributed by atoms with Gasteiger partial charge in [-0.15, -0.1) is 0 Å². The minimum Gasteiger partial charge on any atom is -0.330 e. The quantitative estimate of drug-likeness (QED) is 0.593. The van der Waals surface area contributed by atoms with Gasteiger partial charge in [0.15, 0.2) is 0 Å². The first-order chi connectivity index (χ1) is 6.06. The maximum absolute atomic E-state index is 11.2. The third-order valence-electron chi connectivity index (χ3n) is 1.24. The standard InChI is InChI=1S/C7H7NO4S/c1-3-5-6(10)8(7(11)13-5)12-4(2)9/h3H,1-2H3/b5-3+. The fourth-order valence-corrected chi connectivity index (χ4v) is 1.43. The summed E-state index contributed by atoms with van der Waals surface area (Å²) < 4.78 is 0. The Morgan fingerprint density at radius 2 is 2.15 bits per heavy atom. The van der Waals surface area contributed by atoms with E-state index in [4.69, 9.17) is 0 Å². The number of imide groups is 1. The molecule has 0 aromatic heterocycles. The van der Waals surface area contributed by atoms with Crippen LogP contribution in [0.15, 0.2) is 11.0 Å². The van der Waals surface area contributed by atoms with E-state index in [1.165, 1.54) is 6.08 Å². The lowest BCUT2D eigenvalue weighted by Crippen LogP contribution is -2.30. The Labute approximate surface area is 78.7 Å². The van der Waals surface area contributed by atoms with E-state index in [1.54, 1.807) is 6.92 Å². The zero-order valence-corrected chi connectivity index (χ0v) is 7.88. The van der Waals surface area contributed by atoms with Crippen LogP contribution in [-0.4, -0.2) is 22.2 Å². The van der Waals surface area contributed by atoms with E-state index in [9.17, 15) is 14.4 Å². The van der Waals surface area contributed by atoms with Gasteiger partial charge in [0.05, 0.1) is 4.91 Å². The van der Waals surface area contributed by atoms with E-state index < -0.39 is 17.1 Å². The van der Waals surface area contributed by atoms with E-state index in [2.05, 4.69) is 4.84 Å². The van der Waals surface area contributed by atoms with Crippen LogP contribution in [0, 0.1) is 0 Å². The first-order valence-corrected chi connectivity index (χ1v) is 4.29. The molecule has 6 heteroatoms. The minimum atomic E-state index is -0.695. The SMILES string of the molecule is C/C=C1/SC(=O)N(OC(C)=O)C1=O. The summed E-state index contributed by atoms with van der Waals surface area (Å²) in [6.45, 7) is 2.75. The van der Waals surface area contributed by atoms with Crippen LogP contribution in [0.25, 0.3) is 0 Å². The van der Waals surface area contributed by atoms with Crippen LogP contribution < -0.4 is 0 Å². The molecule has 70 valence electrons. The zero-order chi connectivity index (χ0) is 10.0. The summed E-state index contributed by atoms with van der Waals surface area (Å²) in [4.78, 5) is 37.4. The van der Waals surface area contributed by atoms with Crippen molar-refractivity contribution >= 4 is 28.9 Å². The third kappa shape index (κ3) is 1.89. The molecule has 2 amide bonds. The first kappa shape index (κ1) is 9.79. The fourth-order valence-electron chi connectivity index (χ4n) is 0.752. The molecule has 1 heterocycles. The van der Waals surface area contributed by atoms with Crippen LogP contribution in [0.2, 0.25) is 0 Å². The highest BCUT2D eigenvalue weighted by molar-refractivity contribution is 8.18. The van der Waals surface area contributed by atoms with Gasteiger partial charge in [0.25, 0.3) is 0 Å². The number of carbonyl (C=O) groups is 3. The molecule has 13 heavy (non-hydrogen) atoms. The Kier molecular flexibility index (Phi) is 2.72. The molecule has 0 spiro atoms. The Hall–Kier alpha value is -1.30. The number of rotatable bonds is 1. The van der Waals surface area contributed by atoms with Crippen molar-refractivity contribution in [2.24, 2.45) is 0 Å². The molecule has 0 saturated carbocycles. The molecular weight excluding hydrogens is 194 g/mol. The smallest absolute Gasteiger partial charge is 0.330 e. The van der Waals surface area contributed by atoms with Gasteiger partial charge in [0.2, 0.25) is 0 Å². The molecular formula is C7H7NO4S. The van der Waals surface area contributed by atoms with Crippen molar-refractivity contribution in [2.45, 2.75) is 13.8 Å². The maximum atomic E-state index is 11.2. The first-order valence-electron chi connectivity index (χ1n) is 3.47. The molecule has 1 aliphatic rings. The molecule has 0 aromatic carbocycles. The van der Waals surface area contributed by atoms with Crippen molar-refractivity contribution in [3.63, 3.8) is 0 Å². The molecule has 1 aliphatic heterocycles. The average molecular weight is 201 g/mol. The Bertz CT molecular complexity index is 310. The summed E-state index contributed by atoms with van der Waals surface area (Å²) in [7, 11) is 0. The normalized spacial score (nSPS) is 19.8. The van der Waals surface area contributed by atoms with Crippen LogP contribution in [-0.2, 0) is 14.4 Å². The lowest BCUT2D eigenvalue weighted by atomic mass is 10.5. The predicted molar refractivity (Wildman–Crippen MR) is 45.4 cm³/mol. The highest BCUT2D eigenvalue weighted by Crippen LogP contribution is 2.30. The van der Waals surface area contributed by atoms with Crippen LogP contribution in [0.3, 0.4) is 0 Å². The Morgan fingerprint density at radius 1 is 1.54 bits per heavy atom. The van der Waals surface area contributed by atoms with Crippen molar-refractivity contribution in [3.05, 3.63) is 11.0 Å². The molecule has 0 radical (unpaired) electrons. The Morgan fingerprint density at radius 3 is 2.54 bits per heavy atom. The number of hydrogen-bond donors (Lipinski definition) is 0. The molecule has 0 atom stereocenters. The van der Waals surface area contributed by atoms with Crippen molar-refractivity contribution in [1.29, 1.82) is 0 Å². The van der Waals surface area contributed by atoms with Gasteiger partial charge in [-0.3, -0.25) is 9.59 Å². The number of hydroxylamine groups is 2. The molecule has 1 rings (SSSR count). The van der Waals surface area contributed by atoms with Crippen LogP contribution in [0.5, 0.6) is 0 Å². The summed E-state index contributed by atoms with van der Waals surface area (Å²) >= 11 is 0.745. The predicted octanol–water partition coefficient (Wildman–Crippen LogP) is 1.06. The second-order valence-electron chi connectivity index (χ2n) is 2.20. The molecule has 0 N–H and O–H groups in total. The van der Waals surface area contributed by atoms with Crippen LogP contribution in [0.1, 0.15) is 13.8 Å². The highest BCUT2D eigenvalue weighted by atomic mass is 32.2. The van der Waals surface area contributed by atoms with Gasteiger partial charge in [0.1, 0.15) is 0 Å². The van der Waals surface area contributed by atoms with Gasteiger partial charge in [-0.2, -0.15) is 0 Å². The molecule has 0 aliphatic carbocycles. The topological polar surface area (TPSA) is 63.7 Å². The highest BCUT2D eigenvalue weighted by Gasteiger charge is 2.37. The number of nitrogens with zero attached hydrogens (tertiary/aromatic N) is 1. The number of thioether (sulfide) groups is 1. The summed E-state index contributed by atoms with van der Waals surface area (Å²) in [5.74, 6) is -1.28. The molecule has 0 bridgehead atoms.